The topological polar surface area (TPSA) is 77.3 Å². The normalized spacial score (nSPS) is 10.6. The number of benzene rings is 2. The molecule has 0 atom stereocenters. The maximum absolute atomic E-state index is 12.0. The molecular formula is C20H21N3O3S. The Balaban J connectivity index is 1.41. The van der Waals surface area contributed by atoms with Crippen molar-refractivity contribution in [3.8, 4) is 17.2 Å². The van der Waals surface area contributed by atoms with Crippen molar-refractivity contribution in [3.05, 3.63) is 60.2 Å². The van der Waals surface area contributed by atoms with Crippen molar-refractivity contribution < 1.29 is 13.9 Å². The van der Waals surface area contributed by atoms with Crippen molar-refractivity contribution in [2.75, 3.05) is 18.2 Å². The van der Waals surface area contributed by atoms with Crippen LogP contribution in [0.5, 0.6) is 5.75 Å². The van der Waals surface area contributed by atoms with Crippen LogP contribution in [0.15, 0.2) is 59.0 Å². The van der Waals surface area contributed by atoms with Crippen LogP contribution < -0.4 is 10.1 Å². The molecule has 1 amide bonds. The molecule has 6 nitrogen and oxygen atoms in total. The van der Waals surface area contributed by atoms with E-state index in [-0.39, 0.29) is 11.9 Å². The minimum absolute atomic E-state index is 0.106. The standard InChI is InChI=1S/C20H21N3O3S/c1-25-17-10-5-9-16(13-17)19-22-23-20(26-19)21-18(24)11-6-12-27-14-15-7-3-2-4-8-15/h2-5,7-10,13H,6,11-12,14H2,1H3,(H,21,23,24). The third-order valence-electron chi connectivity index (χ3n) is 3.79. The minimum Gasteiger partial charge on any atom is -0.497 e. The Morgan fingerprint density at radius 3 is 2.81 bits per heavy atom. The maximum atomic E-state index is 12.0. The van der Waals surface area contributed by atoms with E-state index >= 15 is 0 Å². The summed E-state index contributed by atoms with van der Waals surface area (Å²) in [5.41, 5.74) is 2.03. The van der Waals surface area contributed by atoms with Crippen LogP contribution in [0.4, 0.5) is 6.01 Å². The molecule has 0 bridgehead atoms. The second-order valence-electron chi connectivity index (χ2n) is 5.83. The molecule has 1 N–H and O–H groups in total. The number of nitrogens with one attached hydrogen (secondary N) is 1. The van der Waals surface area contributed by atoms with Crippen LogP contribution in [-0.2, 0) is 10.5 Å². The minimum atomic E-state index is -0.129. The lowest BCUT2D eigenvalue weighted by Gasteiger charge is -2.02. The van der Waals surface area contributed by atoms with E-state index in [0.29, 0.717) is 18.1 Å². The molecule has 0 aliphatic rings. The number of aromatic nitrogens is 2. The fourth-order valence-corrected chi connectivity index (χ4v) is 3.35. The first-order valence-corrected chi connectivity index (χ1v) is 9.79. The molecule has 27 heavy (non-hydrogen) atoms. The van der Waals surface area contributed by atoms with Crippen molar-refractivity contribution in [2.24, 2.45) is 0 Å². The molecule has 140 valence electrons. The van der Waals surface area contributed by atoms with Gasteiger partial charge in [0.25, 0.3) is 0 Å². The van der Waals surface area contributed by atoms with Crippen molar-refractivity contribution in [1.29, 1.82) is 0 Å². The molecule has 3 aromatic rings. The van der Waals surface area contributed by atoms with E-state index in [9.17, 15) is 4.79 Å². The summed E-state index contributed by atoms with van der Waals surface area (Å²) in [6.45, 7) is 0. The Hall–Kier alpha value is -2.80. The average molecular weight is 383 g/mol. The molecular weight excluding hydrogens is 362 g/mol. The molecule has 0 saturated carbocycles. The summed E-state index contributed by atoms with van der Waals surface area (Å²) in [6, 6.07) is 17.7. The van der Waals surface area contributed by atoms with Crippen LogP contribution in [0, 0.1) is 0 Å². The number of anilines is 1. The summed E-state index contributed by atoms with van der Waals surface area (Å²) in [5, 5.41) is 10.5. The number of hydrogen-bond donors (Lipinski definition) is 1. The number of carbonyl (C=O) groups is 1. The molecule has 7 heteroatoms. The predicted octanol–water partition coefficient (Wildman–Crippen LogP) is 4.40. The Morgan fingerprint density at radius 1 is 1.15 bits per heavy atom. The van der Waals surface area contributed by atoms with Crippen molar-refractivity contribution in [2.45, 2.75) is 18.6 Å². The van der Waals surface area contributed by atoms with E-state index < -0.39 is 0 Å². The first kappa shape index (κ1) is 19.0. The number of ether oxygens (including phenoxy) is 1. The summed E-state index contributed by atoms with van der Waals surface area (Å²) in [6.07, 6.45) is 1.21. The van der Waals surface area contributed by atoms with Gasteiger partial charge in [0, 0.05) is 17.7 Å². The average Bonchev–Trinajstić information content (AvgIpc) is 3.17. The van der Waals surface area contributed by atoms with Gasteiger partial charge in [-0.1, -0.05) is 41.5 Å². The molecule has 0 aliphatic carbocycles. The highest BCUT2D eigenvalue weighted by Gasteiger charge is 2.11. The fraction of sp³-hybridized carbons (Fsp3) is 0.250. The Bertz CT molecular complexity index is 868. The van der Waals surface area contributed by atoms with Gasteiger partial charge in [-0.05, 0) is 35.9 Å². The Labute approximate surface area is 162 Å². The molecule has 3 rings (SSSR count). The molecule has 0 radical (unpaired) electrons. The summed E-state index contributed by atoms with van der Waals surface area (Å²) >= 11 is 1.82. The fourth-order valence-electron chi connectivity index (χ4n) is 2.43. The Morgan fingerprint density at radius 2 is 2.00 bits per heavy atom. The number of amides is 1. The van der Waals surface area contributed by atoms with E-state index in [1.807, 2.05) is 48.2 Å². The van der Waals surface area contributed by atoms with Crippen LogP contribution in [0.2, 0.25) is 0 Å². The monoisotopic (exact) mass is 383 g/mol. The summed E-state index contributed by atoms with van der Waals surface area (Å²) in [5.74, 6) is 2.78. The van der Waals surface area contributed by atoms with E-state index in [2.05, 4.69) is 27.6 Å². The molecule has 0 fully saturated rings. The van der Waals surface area contributed by atoms with Gasteiger partial charge in [-0.3, -0.25) is 10.1 Å². The van der Waals surface area contributed by atoms with E-state index in [4.69, 9.17) is 9.15 Å². The smallest absolute Gasteiger partial charge is 0.322 e. The molecule has 0 saturated heterocycles. The molecule has 0 unspecified atom stereocenters. The highest BCUT2D eigenvalue weighted by molar-refractivity contribution is 7.98. The van der Waals surface area contributed by atoms with Gasteiger partial charge in [-0.2, -0.15) is 11.8 Å². The van der Waals surface area contributed by atoms with Gasteiger partial charge in [-0.25, -0.2) is 0 Å². The number of thioether (sulfide) groups is 1. The predicted molar refractivity (Wildman–Crippen MR) is 107 cm³/mol. The van der Waals surface area contributed by atoms with Gasteiger partial charge >= 0.3 is 6.01 Å². The largest absolute Gasteiger partial charge is 0.497 e. The van der Waals surface area contributed by atoms with Crippen LogP contribution >= 0.6 is 11.8 Å². The van der Waals surface area contributed by atoms with Crippen molar-refractivity contribution >= 4 is 23.7 Å². The number of carbonyl (C=O) groups excluding carboxylic acids is 1. The van der Waals surface area contributed by atoms with Gasteiger partial charge in [0.1, 0.15) is 5.75 Å². The third-order valence-corrected chi connectivity index (χ3v) is 4.91. The second-order valence-corrected chi connectivity index (χ2v) is 6.94. The molecule has 0 spiro atoms. The highest BCUT2D eigenvalue weighted by atomic mass is 32.2. The van der Waals surface area contributed by atoms with E-state index in [1.165, 1.54) is 5.56 Å². The van der Waals surface area contributed by atoms with Crippen LogP contribution in [0.25, 0.3) is 11.5 Å². The van der Waals surface area contributed by atoms with Crippen LogP contribution in [0.3, 0.4) is 0 Å². The summed E-state index contributed by atoms with van der Waals surface area (Å²) in [4.78, 5) is 12.0. The number of rotatable bonds is 9. The van der Waals surface area contributed by atoms with Gasteiger partial charge < -0.3 is 9.15 Å². The SMILES string of the molecule is COc1cccc(-c2nnc(NC(=O)CCCSCc3ccccc3)o2)c1. The molecule has 0 aliphatic heterocycles. The molecule has 1 aromatic heterocycles. The molecule has 1 heterocycles. The zero-order valence-electron chi connectivity index (χ0n) is 15.1. The van der Waals surface area contributed by atoms with E-state index in [0.717, 1.165) is 23.5 Å². The second kappa shape index (κ2) is 9.78. The van der Waals surface area contributed by atoms with Crippen LogP contribution in [0.1, 0.15) is 18.4 Å². The lowest BCUT2D eigenvalue weighted by Crippen LogP contribution is -2.11. The lowest BCUT2D eigenvalue weighted by molar-refractivity contribution is -0.116. The van der Waals surface area contributed by atoms with Gasteiger partial charge in [-0.15, -0.1) is 5.10 Å². The van der Waals surface area contributed by atoms with Gasteiger partial charge in [0.05, 0.1) is 7.11 Å². The number of methoxy groups -OCH3 is 1. The summed E-state index contributed by atoms with van der Waals surface area (Å²) in [7, 11) is 1.59. The lowest BCUT2D eigenvalue weighted by atomic mass is 10.2. The zero-order chi connectivity index (χ0) is 18.9. The number of nitrogens with zero attached hydrogens (tertiary/aromatic N) is 2. The van der Waals surface area contributed by atoms with Gasteiger partial charge in [0.15, 0.2) is 0 Å². The summed E-state index contributed by atoms with van der Waals surface area (Å²) < 4.78 is 10.7. The van der Waals surface area contributed by atoms with Crippen molar-refractivity contribution in [1.82, 2.24) is 10.2 Å². The maximum Gasteiger partial charge on any atom is 0.322 e. The first-order chi connectivity index (χ1) is 13.2. The number of hydrogen-bond acceptors (Lipinski definition) is 6. The molecule has 2 aromatic carbocycles. The third kappa shape index (κ3) is 5.86. The highest BCUT2D eigenvalue weighted by Crippen LogP contribution is 2.24. The van der Waals surface area contributed by atoms with E-state index in [1.54, 1.807) is 13.2 Å². The first-order valence-electron chi connectivity index (χ1n) is 8.64. The zero-order valence-corrected chi connectivity index (χ0v) is 15.9. The quantitative estimate of drug-likeness (QED) is 0.552. The Kier molecular flexibility index (Phi) is 6.87. The van der Waals surface area contributed by atoms with Crippen molar-refractivity contribution in [3.63, 3.8) is 0 Å². The van der Waals surface area contributed by atoms with Gasteiger partial charge in [0.2, 0.25) is 11.8 Å². The van der Waals surface area contributed by atoms with Crippen LogP contribution in [-0.4, -0.2) is 29.0 Å².